The lowest BCUT2D eigenvalue weighted by atomic mass is 10.0. The second-order valence-electron chi connectivity index (χ2n) is 7.92. The van der Waals surface area contributed by atoms with Crippen LogP contribution >= 0.6 is 15.9 Å². The molecule has 2 aromatic rings. The molecule has 0 bridgehead atoms. The first-order chi connectivity index (χ1) is 15.4. The number of nitrogens with one attached hydrogen (secondary N) is 2. The maximum atomic E-state index is 12.2. The van der Waals surface area contributed by atoms with Crippen molar-refractivity contribution in [2.24, 2.45) is 0 Å². The van der Waals surface area contributed by atoms with E-state index in [-0.39, 0.29) is 6.61 Å². The lowest BCUT2D eigenvalue weighted by Gasteiger charge is -2.12. The van der Waals surface area contributed by atoms with Crippen LogP contribution in [-0.2, 0) is 4.79 Å². The van der Waals surface area contributed by atoms with Gasteiger partial charge in [-0.3, -0.25) is 20.4 Å². The Morgan fingerprint density at radius 1 is 0.938 bits per heavy atom. The molecule has 0 saturated carbocycles. The van der Waals surface area contributed by atoms with Gasteiger partial charge in [-0.05, 0) is 70.2 Å². The largest absolute Gasteiger partial charge is 0.494 e. The molecule has 32 heavy (non-hydrogen) atoms. The highest BCUT2D eigenvalue weighted by molar-refractivity contribution is 9.10. The van der Waals surface area contributed by atoms with Gasteiger partial charge in [-0.1, -0.05) is 52.5 Å². The van der Waals surface area contributed by atoms with E-state index in [1.807, 2.05) is 18.2 Å². The number of unbranched alkanes of at least 4 members (excludes halogenated alkanes) is 4. The highest BCUT2D eigenvalue weighted by Crippen LogP contribution is 2.28. The molecule has 2 N–H and O–H groups in total. The van der Waals surface area contributed by atoms with Crippen LogP contribution in [0.3, 0.4) is 0 Å². The molecule has 0 spiro atoms. The summed E-state index contributed by atoms with van der Waals surface area (Å²) in [5.41, 5.74) is 6.35. The van der Waals surface area contributed by atoms with Crippen LogP contribution in [0.1, 0.15) is 74.7 Å². The number of ether oxygens (including phenoxy) is 2. The average Bonchev–Trinajstić information content (AvgIpc) is 2.79. The summed E-state index contributed by atoms with van der Waals surface area (Å²) < 4.78 is 12.0. The molecule has 2 aromatic carbocycles. The normalized spacial score (nSPS) is 10.7. The van der Waals surface area contributed by atoms with E-state index in [0.29, 0.717) is 23.8 Å². The number of hydrogen-bond acceptors (Lipinski definition) is 4. The molecule has 0 saturated heterocycles. The van der Waals surface area contributed by atoms with Gasteiger partial charge in [0, 0.05) is 5.56 Å². The van der Waals surface area contributed by atoms with E-state index in [1.54, 1.807) is 24.3 Å². The topological polar surface area (TPSA) is 76.7 Å². The third-order valence-corrected chi connectivity index (χ3v) is 5.55. The van der Waals surface area contributed by atoms with Gasteiger partial charge in [-0.15, -0.1) is 0 Å². The van der Waals surface area contributed by atoms with Crippen molar-refractivity contribution >= 4 is 27.7 Å². The second-order valence-corrected chi connectivity index (χ2v) is 8.78. The lowest BCUT2D eigenvalue weighted by molar-refractivity contribution is -0.123. The van der Waals surface area contributed by atoms with E-state index >= 15 is 0 Å². The number of carbonyl (C=O) groups excluding carboxylic acids is 2. The van der Waals surface area contributed by atoms with Crippen molar-refractivity contribution in [2.45, 2.75) is 58.8 Å². The molecule has 0 aliphatic heterocycles. The lowest BCUT2D eigenvalue weighted by Crippen LogP contribution is -2.43. The van der Waals surface area contributed by atoms with Crippen molar-refractivity contribution in [1.82, 2.24) is 10.9 Å². The van der Waals surface area contributed by atoms with Gasteiger partial charge >= 0.3 is 0 Å². The van der Waals surface area contributed by atoms with Crippen molar-refractivity contribution < 1.29 is 19.1 Å². The highest BCUT2D eigenvalue weighted by Gasteiger charge is 2.10. The van der Waals surface area contributed by atoms with Crippen LogP contribution in [-0.4, -0.2) is 25.0 Å². The molecule has 2 rings (SSSR count). The zero-order valence-corrected chi connectivity index (χ0v) is 20.7. The second kappa shape index (κ2) is 13.8. The average molecular weight is 505 g/mol. The molecule has 6 nitrogen and oxygen atoms in total. The minimum atomic E-state index is -0.457. The highest BCUT2D eigenvalue weighted by atomic mass is 79.9. The molecule has 7 heteroatoms. The number of amides is 2. The smallest absolute Gasteiger partial charge is 0.276 e. The summed E-state index contributed by atoms with van der Waals surface area (Å²) in [5, 5.41) is 0. The van der Waals surface area contributed by atoms with Gasteiger partial charge in [0.2, 0.25) is 0 Å². The van der Waals surface area contributed by atoms with E-state index < -0.39 is 11.8 Å². The van der Waals surface area contributed by atoms with Crippen LogP contribution in [0.15, 0.2) is 46.9 Å². The number of halogens is 1. The van der Waals surface area contributed by atoms with Gasteiger partial charge in [-0.25, -0.2) is 0 Å². The first-order valence-electron chi connectivity index (χ1n) is 11.1. The minimum absolute atomic E-state index is 0.217. The monoisotopic (exact) mass is 504 g/mol. The van der Waals surface area contributed by atoms with Crippen molar-refractivity contribution in [3.05, 3.63) is 58.1 Å². The fourth-order valence-electron chi connectivity index (χ4n) is 2.97. The molecule has 0 aromatic heterocycles. The first kappa shape index (κ1) is 25.7. The van der Waals surface area contributed by atoms with Crippen LogP contribution in [0, 0.1) is 0 Å². The molecule has 0 fully saturated rings. The summed E-state index contributed by atoms with van der Waals surface area (Å²) in [4.78, 5) is 24.3. The Bertz CT molecular complexity index is 869. The van der Waals surface area contributed by atoms with Gasteiger partial charge < -0.3 is 9.47 Å². The van der Waals surface area contributed by atoms with E-state index in [1.165, 1.54) is 24.8 Å². The van der Waals surface area contributed by atoms with E-state index in [2.05, 4.69) is 47.6 Å². The Morgan fingerprint density at radius 2 is 1.66 bits per heavy atom. The molecule has 0 unspecified atom stereocenters. The predicted octanol–water partition coefficient (Wildman–Crippen LogP) is 5.76. The SMILES string of the molecule is CCCCCCCOc1ccc(C(=O)NNC(=O)COc2ccc(C(C)C)cc2Br)cc1. The number of benzene rings is 2. The van der Waals surface area contributed by atoms with Crippen LogP contribution in [0.25, 0.3) is 0 Å². The third-order valence-electron chi connectivity index (χ3n) is 4.93. The van der Waals surface area contributed by atoms with Crippen LogP contribution in [0.2, 0.25) is 0 Å². The van der Waals surface area contributed by atoms with Gasteiger partial charge in [0.05, 0.1) is 11.1 Å². The number of hydrogen-bond donors (Lipinski definition) is 2. The van der Waals surface area contributed by atoms with Gasteiger partial charge in [-0.2, -0.15) is 0 Å². The molecule has 2 amide bonds. The number of hydrazine groups is 1. The number of rotatable bonds is 12. The molecule has 0 aliphatic carbocycles. The molecule has 0 radical (unpaired) electrons. The Labute approximate surface area is 199 Å². The van der Waals surface area contributed by atoms with E-state index in [9.17, 15) is 9.59 Å². The quantitative estimate of drug-likeness (QED) is 0.284. The molecule has 0 atom stereocenters. The molecular weight excluding hydrogens is 472 g/mol. The van der Waals surface area contributed by atoms with E-state index in [0.717, 1.165) is 23.1 Å². The maximum Gasteiger partial charge on any atom is 0.276 e. The van der Waals surface area contributed by atoms with Gasteiger partial charge in [0.25, 0.3) is 11.8 Å². The van der Waals surface area contributed by atoms with Crippen LogP contribution in [0.5, 0.6) is 11.5 Å². The molecule has 0 heterocycles. The van der Waals surface area contributed by atoms with E-state index in [4.69, 9.17) is 9.47 Å². The van der Waals surface area contributed by atoms with Crippen molar-refractivity contribution in [3.8, 4) is 11.5 Å². The first-order valence-corrected chi connectivity index (χ1v) is 11.9. The van der Waals surface area contributed by atoms with Crippen molar-refractivity contribution in [1.29, 1.82) is 0 Å². The summed E-state index contributed by atoms with van der Waals surface area (Å²) >= 11 is 3.46. The molecule has 174 valence electrons. The summed E-state index contributed by atoms with van der Waals surface area (Å²) in [6.45, 7) is 6.86. The van der Waals surface area contributed by atoms with Crippen molar-refractivity contribution in [3.63, 3.8) is 0 Å². The zero-order chi connectivity index (χ0) is 23.3. The predicted molar refractivity (Wildman–Crippen MR) is 130 cm³/mol. The summed E-state index contributed by atoms with van der Waals surface area (Å²) in [6, 6.07) is 12.6. The Balaban J connectivity index is 1.71. The van der Waals surface area contributed by atoms with Gasteiger partial charge in [0.15, 0.2) is 6.61 Å². The Kier molecular flexibility index (Phi) is 11.1. The van der Waals surface area contributed by atoms with Crippen LogP contribution < -0.4 is 20.3 Å². The molecule has 0 aliphatic rings. The molecular formula is C25H33BrN2O4. The summed E-state index contributed by atoms with van der Waals surface area (Å²) in [6.07, 6.45) is 5.90. The zero-order valence-electron chi connectivity index (χ0n) is 19.1. The Hall–Kier alpha value is -2.54. The fraction of sp³-hybridized carbons (Fsp3) is 0.440. The fourth-order valence-corrected chi connectivity index (χ4v) is 3.48. The maximum absolute atomic E-state index is 12.2. The Morgan fingerprint density at radius 3 is 2.31 bits per heavy atom. The summed E-state index contributed by atoms with van der Waals surface area (Å²) in [7, 11) is 0. The van der Waals surface area contributed by atoms with Crippen molar-refractivity contribution in [2.75, 3.05) is 13.2 Å². The summed E-state index contributed by atoms with van der Waals surface area (Å²) in [5.74, 6) is 0.823. The minimum Gasteiger partial charge on any atom is -0.494 e. The van der Waals surface area contributed by atoms with Crippen LogP contribution in [0.4, 0.5) is 0 Å². The number of carbonyl (C=O) groups is 2. The van der Waals surface area contributed by atoms with Gasteiger partial charge in [0.1, 0.15) is 11.5 Å². The third kappa shape index (κ3) is 8.91. The standard InChI is InChI=1S/C25H33BrN2O4/c1-4-5-6-7-8-15-31-21-12-9-19(10-13-21)25(30)28-27-24(29)17-32-23-14-11-20(18(2)3)16-22(23)26/h9-14,16,18H,4-8,15,17H2,1-3H3,(H,27,29)(H,28,30).